The van der Waals surface area contributed by atoms with E-state index in [1.165, 1.54) is 12.1 Å². The molecule has 0 spiro atoms. The molecule has 35 heavy (non-hydrogen) atoms. The lowest BCUT2D eigenvalue weighted by molar-refractivity contribution is -0.384. The summed E-state index contributed by atoms with van der Waals surface area (Å²) in [6.07, 6.45) is 1.51. The topological polar surface area (TPSA) is 108 Å². The highest BCUT2D eigenvalue weighted by atomic mass is 16.6. The largest absolute Gasteiger partial charge is 0.497 e. The average molecular weight is 477 g/mol. The van der Waals surface area contributed by atoms with Gasteiger partial charge in [0.25, 0.3) is 5.69 Å². The zero-order valence-electron chi connectivity index (χ0n) is 20.0. The van der Waals surface area contributed by atoms with Gasteiger partial charge in [0, 0.05) is 41.4 Å². The van der Waals surface area contributed by atoms with E-state index >= 15 is 0 Å². The van der Waals surface area contributed by atoms with Crippen molar-refractivity contribution in [3.05, 3.63) is 92.3 Å². The quantitative estimate of drug-likeness (QED) is 0.343. The smallest absolute Gasteiger partial charge is 0.336 e. The Morgan fingerprint density at radius 2 is 1.89 bits per heavy atom. The first-order valence-electron chi connectivity index (χ1n) is 11.6. The highest BCUT2D eigenvalue weighted by Crippen LogP contribution is 2.46. The second-order valence-corrected chi connectivity index (χ2v) is 8.78. The van der Waals surface area contributed by atoms with Gasteiger partial charge in [0.1, 0.15) is 5.75 Å². The predicted octanol–water partition coefficient (Wildman–Crippen LogP) is 4.92. The van der Waals surface area contributed by atoms with Crippen LogP contribution in [0.5, 0.6) is 5.75 Å². The van der Waals surface area contributed by atoms with E-state index in [1.807, 2.05) is 31.2 Å². The number of esters is 1. The lowest BCUT2D eigenvalue weighted by atomic mass is 9.71. The second-order valence-electron chi connectivity index (χ2n) is 8.78. The first kappa shape index (κ1) is 24.2. The molecule has 0 saturated heterocycles. The molecular formula is C27H28N2O6. The van der Waals surface area contributed by atoms with Crippen LogP contribution in [0.1, 0.15) is 56.1 Å². The number of nitro benzene ring substituents is 1. The summed E-state index contributed by atoms with van der Waals surface area (Å²) in [5.41, 5.74) is 3.56. The molecule has 1 heterocycles. The van der Waals surface area contributed by atoms with Crippen molar-refractivity contribution >= 4 is 17.4 Å². The Morgan fingerprint density at radius 3 is 2.54 bits per heavy atom. The molecule has 0 aromatic heterocycles. The standard InChI is InChI=1S/C27H28N2O6/c1-4-12-35-27(31)24-16(2)28-22-14-19(17-8-10-21(34-3)11-9-17)15-23(30)26(22)25(24)18-6-5-7-20(13-18)29(32)33/h5-11,13,19,25,28H,4,12,14-15H2,1-3H3/t19-,25-/m1/s1. The third kappa shape index (κ3) is 4.82. The fraction of sp³-hybridized carbons (Fsp3) is 0.333. The van der Waals surface area contributed by atoms with Gasteiger partial charge in [0.15, 0.2) is 5.78 Å². The first-order chi connectivity index (χ1) is 16.8. The van der Waals surface area contributed by atoms with Gasteiger partial charge < -0.3 is 14.8 Å². The summed E-state index contributed by atoms with van der Waals surface area (Å²) in [5.74, 6) is -0.646. The molecule has 0 amide bonds. The van der Waals surface area contributed by atoms with Crippen LogP contribution in [0.3, 0.4) is 0 Å². The van der Waals surface area contributed by atoms with E-state index in [1.54, 1.807) is 26.2 Å². The molecule has 0 fully saturated rings. The molecule has 0 saturated carbocycles. The number of carbonyl (C=O) groups is 2. The zero-order valence-corrected chi connectivity index (χ0v) is 20.0. The molecule has 0 bridgehead atoms. The normalized spacial score (nSPS) is 19.7. The van der Waals surface area contributed by atoms with Gasteiger partial charge in [-0.3, -0.25) is 14.9 Å². The van der Waals surface area contributed by atoms with Crippen molar-refractivity contribution < 1.29 is 24.0 Å². The number of hydrogen-bond donors (Lipinski definition) is 1. The SMILES string of the molecule is CCCOC(=O)C1=C(C)NC2=C(C(=O)C[C@H](c3ccc(OC)cc3)C2)[C@@H]1c1cccc([N+](=O)[O-])c1. The summed E-state index contributed by atoms with van der Waals surface area (Å²) < 4.78 is 10.7. The molecule has 8 nitrogen and oxygen atoms in total. The van der Waals surface area contributed by atoms with Gasteiger partial charge >= 0.3 is 5.97 Å². The molecule has 1 N–H and O–H groups in total. The number of ketones is 1. The number of non-ortho nitro benzene ring substituents is 1. The van der Waals surface area contributed by atoms with Crippen LogP contribution < -0.4 is 10.1 Å². The zero-order chi connectivity index (χ0) is 25.1. The van der Waals surface area contributed by atoms with Crippen LogP contribution in [-0.4, -0.2) is 30.4 Å². The fourth-order valence-corrected chi connectivity index (χ4v) is 4.85. The summed E-state index contributed by atoms with van der Waals surface area (Å²) in [7, 11) is 1.61. The van der Waals surface area contributed by atoms with E-state index in [0.29, 0.717) is 35.2 Å². The van der Waals surface area contributed by atoms with Crippen LogP contribution in [0.15, 0.2) is 71.1 Å². The van der Waals surface area contributed by atoms with Crippen molar-refractivity contribution in [3.8, 4) is 5.75 Å². The molecule has 8 heteroatoms. The van der Waals surface area contributed by atoms with Crippen molar-refractivity contribution in [2.45, 2.75) is 44.9 Å². The van der Waals surface area contributed by atoms with Crippen molar-refractivity contribution in [3.63, 3.8) is 0 Å². The van der Waals surface area contributed by atoms with Crippen LogP contribution in [0.4, 0.5) is 5.69 Å². The monoisotopic (exact) mass is 476 g/mol. The molecule has 0 unspecified atom stereocenters. The number of allylic oxidation sites excluding steroid dienone is 3. The lowest BCUT2D eigenvalue weighted by Gasteiger charge is -2.36. The van der Waals surface area contributed by atoms with Crippen LogP contribution in [0.25, 0.3) is 0 Å². The summed E-state index contributed by atoms with van der Waals surface area (Å²) in [4.78, 5) is 37.7. The number of Topliss-reactive ketones (excluding diaryl/α,β-unsaturated/α-hetero) is 1. The molecule has 2 aromatic rings. The van der Waals surface area contributed by atoms with Gasteiger partial charge in [-0.1, -0.05) is 31.2 Å². The van der Waals surface area contributed by atoms with Gasteiger partial charge in [-0.15, -0.1) is 0 Å². The number of benzene rings is 2. The van der Waals surface area contributed by atoms with Gasteiger partial charge in [-0.25, -0.2) is 4.79 Å². The maximum absolute atomic E-state index is 13.6. The Bertz CT molecular complexity index is 1230. The number of nitrogens with one attached hydrogen (secondary N) is 1. The molecule has 4 rings (SSSR count). The third-order valence-electron chi connectivity index (χ3n) is 6.49. The lowest BCUT2D eigenvalue weighted by Crippen LogP contribution is -2.36. The Balaban J connectivity index is 1.78. The van der Waals surface area contributed by atoms with Gasteiger partial charge in [0.05, 0.1) is 24.2 Å². The van der Waals surface area contributed by atoms with E-state index in [0.717, 1.165) is 17.0 Å². The summed E-state index contributed by atoms with van der Waals surface area (Å²) in [5, 5.41) is 14.7. The molecule has 0 radical (unpaired) electrons. The van der Waals surface area contributed by atoms with Crippen LogP contribution >= 0.6 is 0 Å². The number of carbonyl (C=O) groups excluding carboxylic acids is 2. The maximum atomic E-state index is 13.6. The number of ether oxygens (including phenoxy) is 2. The van der Waals surface area contributed by atoms with Gasteiger partial charge in [-0.2, -0.15) is 0 Å². The highest BCUT2D eigenvalue weighted by molar-refractivity contribution is 6.04. The third-order valence-corrected chi connectivity index (χ3v) is 6.49. The summed E-state index contributed by atoms with van der Waals surface area (Å²) in [6.45, 7) is 3.92. The van der Waals surface area contributed by atoms with Crippen molar-refractivity contribution in [2.24, 2.45) is 0 Å². The number of nitrogens with zero attached hydrogens (tertiary/aromatic N) is 1. The maximum Gasteiger partial charge on any atom is 0.336 e. The Kier molecular flexibility index (Phi) is 7.00. The fourth-order valence-electron chi connectivity index (χ4n) is 4.85. The van der Waals surface area contributed by atoms with E-state index < -0.39 is 16.8 Å². The Labute approximate surface area is 203 Å². The second kappa shape index (κ2) is 10.1. The molecule has 2 aromatic carbocycles. The molecular weight excluding hydrogens is 448 g/mol. The molecule has 1 aliphatic carbocycles. The Hall–Kier alpha value is -3.94. The minimum absolute atomic E-state index is 0.0354. The van der Waals surface area contributed by atoms with Crippen molar-refractivity contribution in [2.75, 3.05) is 13.7 Å². The van der Waals surface area contributed by atoms with Gasteiger partial charge in [0.2, 0.25) is 0 Å². The van der Waals surface area contributed by atoms with E-state index in [9.17, 15) is 19.7 Å². The van der Waals surface area contributed by atoms with Gasteiger partial charge in [-0.05, 0) is 48.9 Å². The van der Waals surface area contributed by atoms with E-state index in [4.69, 9.17) is 9.47 Å². The van der Waals surface area contributed by atoms with E-state index in [-0.39, 0.29) is 30.4 Å². The minimum atomic E-state index is -0.736. The molecule has 2 aliphatic rings. The number of hydrogen-bond acceptors (Lipinski definition) is 7. The molecule has 182 valence electrons. The summed E-state index contributed by atoms with van der Waals surface area (Å²) in [6, 6.07) is 13.8. The van der Waals surface area contributed by atoms with Crippen LogP contribution in [0, 0.1) is 10.1 Å². The molecule has 1 aliphatic heterocycles. The predicted molar refractivity (Wildman–Crippen MR) is 130 cm³/mol. The van der Waals surface area contributed by atoms with Crippen LogP contribution in [0.2, 0.25) is 0 Å². The molecule has 2 atom stereocenters. The Morgan fingerprint density at radius 1 is 1.14 bits per heavy atom. The highest BCUT2D eigenvalue weighted by Gasteiger charge is 2.41. The minimum Gasteiger partial charge on any atom is -0.497 e. The number of dihydropyridines is 1. The number of nitro groups is 1. The van der Waals surface area contributed by atoms with E-state index in [2.05, 4.69) is 5.32 Å². The average Bonchev–Trinajstić information content (AvgIpc) is 2.86. The summed E-state index contributed by atoms with van der Waals surface area (Å²) >= 11 is 0. The van der Waals surface area contributed by atoms with Crippen LogP contribution in [-0.2, 0) is 14.3 Å². The van der Waals surface area contributed by atoms with Crippen molar-refractivity contribution in [1.82, 2.24) is 5.32 Å². The number of methoxy groups -OCH3 is 1. The number of rotatable bonds is 7. The first-order valence-corrected chi connectivity index (χ1v) is 11.6. The van der Waals surface area contributed by atoms with Crippen molar-refractivity contribution in [1.29, 1.82) is 0 Å².